The first kappa shape index (κ1) is 25.1. The minimum atomic E-state index is -4.61. The molecule has 0 unspecified atom stereocenters. The Balaban J connectivity index is 1.65. The summed E-state index contributed by atoms with van der Waals surface area (Å²) < 4.78 is 90.0. The predicted octanol–water partition coefficient (Wildman–Crippen LogP) is 5.06. The Hall–Kier alpha value is -3.97. The van der Waals surface area contributed by atoms with E-state index in [1.54, 1.807) is 4.72 Å². The largest absolute Gasteiger partial charge is 0.435 e. The molecule has 36 heavy (non-hydrogen) atoms. The normalized spacial score (nSPS) is 11.4. The lowest BCUT2D eigenvalue weighted by Crippen LogP contribution is -2.18. The van der Waals surface area contributed by atoms with Gasteiger partial charge in [0.1, 0.15) is 11.5 Å². The monoisotopic (exact) mass is 539 g/mol. The summed E-state index contributed by atoms with van der Waals surface area (Å²) in [6.45, 7) is 0. The molecule has 0 saturated heterocycles. The van der Waals surface area contributed by atoms with Crippen LogP contribution in [-0.2, 0) is 15.8 Å². The number of anilines is 2. The van der Waals surface area contributed by atoms with Crippen LogP contribution in [0.4, 0.5) is 29.2 Å². The van der Waals surface area contributed by atoms with Crippen molar-refractivity contribution in [2.75, 3.05) is 10.5 Å². The number of nitrogens with two attached hydrogens (primary N) is 1. The van der Waals surface area contributed by atoms with Gasteiger partial charge in [-0.05, 0) is 30.3 Å². The number of nitrogens with one attached hydrogen (secondary N) is 1. The molecule has 3 N–H and O–H groups in total. The Morgan fingerprint density at radius 3 is 2.47 bits per heavy atom. The highest BCUT2D eigenvalue weighted by Gasteiger charge is 2.26. The van der Waals surface area contributed by atoms with Crippen molar-refractivity contribution in [3.63, 3.8) is 0 Å². The molecule has 0 aliphatic heterocycles. The van der Waals surface area contributed by atoms with Crippen molar-refractivity contribution in [1.82, 2.24) is 15.0 Å². The number of benzene rings is 2. The molecule has 0 atom stereocenters. The summed E-state index contributed by atoms with van der Waals surface area (Å²) in [7, 11) is -4.61. The van der Waals surface area contributed by atoms with Gasteiger partial charge in [-0.3, -0.25) is 4.72 Å². The first-order valence-electron chi connectivity index (χ1n) is 9.88. The molecule has 2 aromatic carbocycles. The number of nitrogens with zero attached hydrogens (tertiary/aromatic N) is 3. The summed E-state index contributed by atoms with van der Waals surface area (Å²) in [6, 6.07) is 8.34. The third-order valence-corrected chi connectivity index (χ3v) is 6.24. The van der Waals surface area contributed by atoms with Gasteiger partial charge in [-0.25, -0.2) is 36.5 Å². The molecule has 8 nitrogen and oxygen atoms in total. The van der Waals surface area contributed by atoms with Crippen molar-refractivity contribution in [3.05, 3.63) is 88.7 Å². The molecule has 2 heterocycles. The van der Waals surface area contributed by atoms with E-state index in [9.17, 15) is 26.0 Å². The molecule has 0 spiro atoms. The van der Waals surface area contributed by atoms with Gasteiger partial charge in [0.2, 0.25) is 27.7 Å². The summed E-state index contributed by atoms with van der Waals surface area (Å²) >= 11 is 5.81. The van der Waals surface area contributed by atoms with Gasteiger partial charge >= 0.3 is 0 Å². The molecule has 2 aromatic heterocycles. The van der Waals surface area contributed by atoms with E-state index >= 15 is 0 Å². The van der Waals surface area contributed by atoms with Crippen LogP contribution in [0.1, 0.15) is 5.56 Å². The second-order valence-electron chi connectivity index (χ2n) is 7.18. The number of halogens is 5. The molecule has 14 heteroatoms. The van der Waals surface area contributed by atoms with Crippen molar-refractivity contribution in [1.29, 1.82) is 0 Å². The highest BCUT2D eigenvalue weighted by Crippen LogP contribution is 2.36. The van der Waals surface area contributed by atoms with E-state index in [4.69, 9.17) is 22.1 Å². The van der Waals surface area contributed by atoms with Crippen LogP contribution in [-0.4, -0.2) is 23.4 Å². The van der Waals surface area contributed by atoms with Crippen LogP contribution in [0.15, 0.2) is 54.9 Å². The molecular weight excluding hydrogens is 526 g/mol. The van der Waals surface area contributed by atoms with Gasteiger partial charge in [-0.15, -0.1) is 0 Å². The predicted molar refractivity (Wildman–Crippen MR) is 124 cm³/mol. The number of rotatable bonds is 7. The maximum Gasteiger partial charge on any atom is 0.237 e. The van der Waals surface area contributed by atoms with Crippen LogP contribution in [0.25, 0.3) is 11.3 Å². The van der Waals surface area contributed by atoms with E-state index in [1.165, 1.54) is 42.7 Å². The van der Waals surface area contributed by atoms with Crippen molar-refractivity contribution in [2.45, 2.75) is 5.75 Å². The minimum absolute atomic E-state index is 0.0705. The first-order chi connectivity index (χ1) is 17.1. The van der Waals surface area contributed by atoms with Crippen LogP contribution < -0.4 is 15.2 Å². The Morgan fingerprint density at radius 2 is 1.75 bits per heavy atom. The first-order valence-corrected chi connectivity index (χ1v) is 11.9. The molecular formula is C22H14ClF4N5O3S. The van der Waals surface area contributed by atoms with Crippen LogP contribution >= 0.6 is 11.6 Å². The van der Waals surface area contributed by atoms with E-state index in [-0.39, 0.29) is 28.1 Å². The highest BCUT2D eigenvalue weighted by molar-refractivity contribution is 7.91. The summed E-state index contributed by atoms with van der Waals surface area (Å²) in [4.78, 5) is 11.7. The standard InChI is InChI=1S/C22H14ClF4N5O3S/c23-13-4-1-5-14(24)12(13)10-36(33,34)32-20-15(25)9-17(18(26)19(20)27)35-21-11(3-2-7-29-21)16-6-8-30-22(28)31-16/h1-9,32H,10H2,(H2,28,30,31). The van der Waals surface area contributed by atoms with E-state index < -0.39 is 56.0 Å². The fraction of sp³-hybridized carbons (Fsp3) is 0.0455. The fourth-order valence-electron chi connectivity index (χ4n) is 3.09. The highest BCUT2D eigenvalue weighted by atomic mass is 35.5. The molecule has 0 aliphatic carbocycles. The number of ether oxygens (including phenoxy) is 1. The summed E-state index contributed by atoms with van der Waals surface area (Å²) in [5.41, 5.74) is 4.26. The van der Waals surface area contributed by atoms with Gasteiger partial charge in [0.25, 0.3) is 0 Å². The molecule has 0 fully saturated rings. The second kappa shape index (κ2) is 9.95. The Bertz CT molecular complexity index is 1550. The lowest BCUT2D eigenvalue weighted by atomic mass is 10.2. The van der Waals surface area contributed by atoms with Gasteiger partial charge in [0.15, 0.2) is 17.4 Å². The van der Waals surface area contributed by atoms with Crippen molar-refractivity contribution in [2.24, 2.45) is 0 Å². The van der Waals surface area contributed by atoms with Crippen molar-refractivity contribution in [3.8, 4) is 22.9 Å². The van der Waals surface area contributed by atoms with Crippen LogP contribution in [0.3, 0.4) is 0 Å². The second-order valence-corrected chi connectivity index (χ2v) is 9.31. The number of hydrogen-bond acceptors (Lipinski definition) is 7. The smallest absolute Gasteiger partial charge is 0.237 e. The SMILES string of the molecule is Nc1nccc(-c2cccnc2Oc2cc(F)c(NS(=O)(=O)Cc3c(F)cccc3Cl)c(F)c2F)n1. The molecule has 186 valence electrons. The van der Waals surface area contributed by atoms with Crippen LogP contribution in [0.2, 0.25) is 5.02 Å². The number of nitrogen functional groups attached to an aromatic ring is 1. The topological polar surface area (TPSA) is 120 Å². The van der Waals surface area contributed by atoms with Crippen molar-refractivity contribution >= 4 is 33.3 Å². The zero-order valence-electron chi connectivity index (χ0n) is 17.8. The van der Waals surface area contributed by atoms with E-state index in [0.29, 0.717) is 6.07 Å². The summed E-state index contributed by atoms with van der Waals surface area (Å²) in [5, 5.41) is -0.215. The third kappa shape index (κ3) is 5.31. The molecule has 0 bridgehead atoms. The van der Waals surface area contributed by atoms with Gasteiger partial charge in [-0.1, -0.05) is 17.7 Å². The van der Waals surface area contributed by atoms with Crippen LogP contribution in [0, 0.1) is 23.3 Å². The molecule has 0 saturated carbocycles. The van der Waals surface area contributed by atoms with Gasteiger partial charge in [-0.2, -0.15) is 4.39 Å². The number of pyridine rings is 1. The number of aromatic nitrogens is 3. The Morgan fingerprint density at radius 1 is 0.972 bits per heavy atom. The molecule has 0 radical (unpaired) electrons. The van der Waals surface area contributed by atoms with E-state index in [1.807, 2.05) is 0 Å². The molecule has 4 aromatic rings. The third-order valence-electron chi connectivity index (χ3n) is 4.71. The maximum absolute atomic E-state index is 14.8. The summed E-state index contributed by atoms with van der Waals surface area (Å²) in [6.07, 6.45) is 2.63. The zero-order chi connectivity index (χ0) is 26.0. The number of sulfonamides is 1. The van der Waals surface area contributed by atoms with Gasteiger partial charge < -0.3 is 10.5 Å². The lowest BCUT2D eigenvalue weighted by Gasteiger charge is -2.14. The van der Waals surface area contributed by atoms with Crippen LogP contribution in [0.5, 0.6) is 11.6 Å². The molecule has 0 aliphatic rings. The maximum atomic E-state index is 14.8. The number of hydrogen-bond donors (Lipinski definition) is 2. The quantitative estimate of drug-likeness (QED) is 0.249. The Kier molecular flexibility index (Phi) is 6.95. The van der Waals surface area contributed by atoms with E-state index in [0.717, 1.165) is 6.07 Å². The minimum Gasteiger partial charge on any atom is -0.435 e. The van der Waals surface area contributed by atoms with Gasteiger partial charge in [0, 0.05) is 29.0 Å². The van der Waals surface area contributed by atoms with Crippen molar-refractivity contribution < 1.29 is 30.7 Å². The summed E-state index contributed by atoms with van der Waals surface area (Å²) in [5.74, 6) is -8.37. The average molecular weight is 540 g/mol. The van der Waals surface area contributed by atoms with Gasteiger partial charge in [0.05, 0.1) is 17.0 Å². The average Bonchev–Trinajstić information content (AvgIpc) is 2.83. The fourth-order valence-corrected chi connectivity index (χ4v) is 4.64. The lowest BCUT2D eigenvalue weighted by molar-refractivity contribution is 0.401. The van der Waals surface area contributed by atoms with E-state index in [2.05, 4.69) is 15.0 Å². The molecule has 4 rings (SSSR count). The Labute approximate surface area is 206 Å². The molecule has 0 amide bonds. The zero-order valence-corrected chi connectivity index (χ0v) is 19.4.